The van der Waals surface area contributed by atoms with Crippen molar-refractivity contribution < 1.29 is 5.11 Å². The second kappa shape index (κ2) is 6.63. The molecule has 1 aromatic carbocycles. The van der Waals surface area contributed by atoms with Crippen LogP contribution in [0.5, 0.6) is 0 Å². The van der Waals surface area contributed by atoms with Crippen LogP contribution in [0.15, 0.2) is 27.1 Å². The summed E-state index contributed by atoms with van der Waals surface area (Å²) in [5, 5.41) is 12.2. The Morgan fingerprint density at radius 2 is 2.07 bits per heavy atom. The summed E-state index contributed by atoms with van der Waals surface area (Å²) in [6.07, 6.45) is 0. The van der Waals surface area contributed by atoms with Gasteiger partial charge in [-0.05, 0) is 55.5 Å². The Morgan fingerprint density at radius 3 is 2.67 bits per heavy atom. The first-order valence-corrected chi connectivity index (χ1v) is 6.47. The first-order chi connectivity index (χ1) is 7.13. The summed E-state index contributed by atoms with van der Waals surface area (Å²) in [6, 6.07) is 6.18. The van der Waals surface area contributed by atoms with Crippen LogP contribution in [-0.4, -0.2) is 18.3 Å². The third kappa shape index (κ3) is 4.64. The van der Waals surface area contributed by atoms with Gasteiger partial charge in [0, 0.05) is 28.6 Å². The molecule has 84 valence electrons. The molecular weight excluding hydrogens is 322 g/mol. The minimum Gasteiger partial charge on any atom is -0.396 e. The highest BCUT2D eigenvalue weighted by Gasteiger charge is 2.01. The van der Waals surface area contributed by atoms with Gasteiger partial charge in [0.05, 0.1) is 0 Å². The van der Waals surface area contributed by atoms with E-state index in [0.717, 1.165) is 22.0 Å². The van der Waals surface area contributed by atoms with Crippen molar-refractivity contribution in [1.82, 2.24) is 5.32 Å². The number of hydrogen-bond donors (Lipinski definition) is 2. The summed E-state index contributed by atoms with van der Waals surface area (Å²) in [5.41, 5.74) is 1.23. The number of hydrogen-bond acceptors (Lipinski definition) is 2. The van der Waals surface area contributed by atoms with E-state index in [1.54, 1.807) is 0 Å². The number of aliphatic hydroxyl groups excluding tert-OH is 1. The van der Waals surface area contributed by atoms with Crippen LogP contribution >= 0.6 is 31.9 Å². The summed E-state index contributed by atoms with van der Waals surface area (Å²) >= 11 is 6.90. The Kier molecular flexibility index (Phi) is 5.82. The topological polar surface area (TPSA) is 32.3 Å². The minimum atomic E-state index is 0.233. The number of halogens is 2. The van der Waals surface area contributed by atoms with Gasteiger partial charge in [-0.25, -0.2) is 0 Å². The molecule has 0 aliphatic heterocycles. The van der Waals surface area contributed by atoms with Gasteiger partial charge < -0.3 is 10.4 Å². The maximum atomic E-state index is 8.86. The van der Waals surface area contributed by atoms with Crippen LogP contribution in [0.2, 0.25) is 0 Å². The molecule has 4 heteroatoms. The third-order valence-corrected chi connectivity index (χ3v) is 4.00. The van der Waals surface area contributed by atoms with Crippen LogP contribution in [0.25, 0.3) is 0 Å². The van der Waals surface area contributed by atoms with Crippen LogP contribution in [0.4, 0.5) is 0 Å². The van der Waals surface area contributed by atoms with Gasteiger partial charge in [0.15, 0.2) is 0 Å². The lowest BCUT2D eigenvalue weighted by Crippen LogP contribution is -2.22. The van der Waals surface area contributed by atoms with E-state index in [9.17, 15) is 0 Å². The lowest BCUT2D eigenvalue weighted by Gasteiger charge is -2.09. The minimum absolute atomic E-state index is 0.233. The van der Waals surface area contributed by atoms with E-state index in [1.165, 1.54) is 5.56 Å². The summed E-state index contributed by atoms with van der Waals surface area (Å²) in [4.78, 5) is 0. The molecule has 15 heavy (non-hydrogen) atoms. The number of aliphatic hydroxyl groups is 1. The van der Waals surface area contributed by atoms with Gasteiger partial charge in [-0.2, -0.15) is 0 Å². The fourth-order valence-corrected chi connectivity index (χ4v) is 1.85. The van der Waals surface area contributed by atoms with Crippen molar-refractivity contribution in [3.63, 3.8) is 0 Å². The predicted molar refractivity (Wildman–Crippen MR) is 69.8 cm³/mol. The van der Waals surface area contributed by atoms with Gasteiger partial charge in [-0.15, -0.1) is 0 Å². The van der Waals surface area contributed by atoms with Gasteiger partial charge in [-0.3, -0.25) is 0 Å². The Bertz CT molecular complexity index is 317. The summed E-state index contributed by atoms with van der Waals surface area (Å²) in [7, 11) is 0. The summed E-state index contributed by atoms with van der Waals surface area (Å²) < 4.78 is 2.13. The Labute approximate surface area is 107 Å². The highest BCUT2D eigenvalue weighted by atomic mass is 79.9. The monoisotopic (exact) mass is 335 g/mol. The van der Waals surface area contributed by atoms with E-state index in [1.807, 2.05) is 13.0 Å². The highest BCUT2D eigenvalue weighted by Crippen LogP contribution is 2.23. The number of benzene rings is 1. The van der Waals surface area contributed by atoms with E-state index in [2.05, 4.69) is 49.3 Å². The van der Waals surface area contributed by atoms with Crippen molar-refractivity contribution in [2.75, 3.05) is 13.2 Å². The van der Waals surface area contributed by atoms with E-state index in [-0.39, 0.29) is 6.61 Å². The fraction of sp³-hybridized carbons (Fsp3) is 0.455. The largest absolute Gasteiger partial charge is 0.396 e. The molecule has 2 N–H and O–H groups in total. The Morgan fingerprint density at radius 1 is 1.33 bits per heavy atom. The van der Waals surface area contributed by atoms with Crippen molar-refractivity contribution in [2.45, 2.75) is 13.5 Å². The van der Waals surface area contributed by atoms with Crippen LogP contribution in [0.3, 0.4) is 0 Å². The molecule has 1 rings (SSSR count). The van der Waals surface area contributed by atoms with Crippen LogP contribution in [0, 0.1) is 5.92 Å². The van der Waals surface area contributed by atoms with Gasteiger partial charge in [0.2, 0.25) is 0 Å². The normalized spacial score (nSPS) is 12.8. The lowest BCUT2D eigenvalue weighted by molar-refractivity contribution is 0.233. The van der Waals surface area contributed by atoms with Crippen molar-refractivity contribution in [3.05, 3.63) is 32.7 Å². The molecule has 0 aromatic heterocycles. The molecule has 1 aromatic rings. The molecule has 0 saturated carbocycles. The third-order valence-electron chi connectivity index (χ3n) is 2.12. The molecule has 1 atom stereocenters. The molecule has 0 spiro atoms. The predicted octanol–water partition coefficient (Wildman–Crippen LogP) is 2.93. The molecular formula is C11H15Br2NO. The molecule has 2 nitrogen and oxygen atoms in total. The summed E-state index contributed by atoms with van der Waals surface area (Å²) in [6.45, 7) is 3.92. The Balaban J connectivity index is 2.41. The molecule has 0 radical (unpaired) electrons. The van der Waals surface area contributed by atoms with E-state index >= 15 is 0 Å². The van der Waals surface area contributed by atoms with E-state index < -0.39 is 0 Å². The zero-order valence-electron chi connectivity index (χ0n) is 8.63. The fourth-order valence-electron chi connectivity index (χ4n) is 1.18. The van der Waals surface area contributed by atoms with Gasteiger partial charge in [0.1, 0.15) is 0 Å². The standard InChI is InChI=1S/C11H15Br2NO/c1-8(7-15)5-14-6-9-2-3-10(12)11(13)4-9/h2-4,8,14-15H,5-7H2,1H3. The maximum absolute atomic E-state index is 8.86. The first kappa shape index (κ1) is 13.2. The number of nitrogens with one attached hydrogen (secondary N) is 1. The van der Waals surface area contributed by atoms with Crippen molar-refractivity contribution in [3.8, 4) is 0 Å². The van der Waals surface area contributed by atoms with Crippen molar-refractivity contribution >= 4 is 31.9 Å². The highest BCUT2D eigenvalue weighted by molar-refractivity contribution is 9.13. The van der Waals surface area contributed by atoms with Gasteiger partial charge >= 0.3 is 0 Å². The molecule has 0 fully saturated rings. The quantitative estimate of drug-likeness (QED) is 0.866. The average molecular weight is 337 g/mol. The average Bonchev–Trinajstić information content (AvgIpc) is 2.23. The second-order valence-corrected chi connectivity index (χ2v) is 5.38. The molecule has 0 amide bonds. The summed E-state index contributed by atoms with van der Waals surface area (Å²) in [5.74, 6) is 0.309. The van der Waals surface area contributed by atoms with Gasteiger partial charge in [0.25, 0.3) is 0 Å². The molecule has 0 aliphatic carbocycles. The molecule has 0 heterocycles. The van der Waals surface area contributed by atoms with Crippen LogP contribution in [0.1, 0.15) is 12.5 Å². The van der Waals surface area contributed by atoms with Crippen LogP contribution in [-0.2, 0) is 6.54 Å². The van der Waals surface area contributed by atoms with Crippen LogP contribution < -0.4 is 5.32 Å². The lowest BCUT2D eigenvalue weighted by atomic mass is 10.2. The van der Waals surface area contributed by atoms with Crippen molar-refractivity contribution in [1.29, 1.82) is 0 Å². The molecule has 0 saturated heterocycles. The SMILES string of the molecule is CC(CO)CNCc1ccc(Br)c(Br)c1. The first-order valence-electron chi connectivity index (χ1n) is 4.89. The second-order valence-electron chi connectivity index (χ2n) is 3.67. The Hall–Kier alpha value is 0.1000. The smallest absolute Gasteiger partial charge is 0.0468 e. The van der Waals surface area contributed by atoms with E-state index in [4.69, 9.17) is 5.11 Å². The zero-order valence-corrected chi connectivity index (χ0v) is 11.8. The van der Waals surface area contributed by atoms with Crippen molar-refractivity contribution in [2.24, 2.45) is 5.92 Å². The molecule has 0 bridgehead atoms. The zero-order chi connectivity index (χ0) is 11.3. The molecule has 0 aliphatic rings. The maximum Gasteiger partial charge on any atom is 0.0468 e. The number of rotatable bonds is 5. The van der Waals surface area contributed by atoms with Gasteiger partial charge in [-0.1, -0.05) is 13.0 Å². The van der Waals surface area contributed by atoms with E-state index in [0.29, 0.717) is 5.92 Å². The molecule has 1 unspecified atom stereocenters.